The van der Waals surface area contributed by atoms with Gasteiger partial charge in [0, 0.05) is 0 Å². The number of benzene rings is 1. The van der Waals surface area contributed by atoms with E-state index in [2.05, 4.69) is 17.3 Å². The predicted molar refractivity (Wildman–Crippen MR) is 92.5 cm³/mol. The third kappa shape index (κ3) is 4.15. The lowest BCUT2D eigenvalue weighted by atomic mass is 10.2. The number of rotatable bonds is 3. The van der Waals surface area contributed by atoms with E-state index in [9.17, 15) is 30.6 Å². The molecule has 27 heavy (non-hydrogen) atoms. The van der Waals surface area contributed by atoms with Gasteiger partial charge in [-0.15, -0.1) is 0 Å². The van der Waals surface area contributed by atoms with Crippen molar-refractivity contribution < 1.29 is 30.6 Å². The molecule has 0 saturated carbocycles. The van der Waals surface area contributed by atoms with E-state index < -0.39 is 65.2 Å². The Morgan fingerprint density at radius 3 is 2.00 bits per heavy atom. The van der Waals surface area contributed by atoms with Crippen molar-refractivity contribution in [2.45, 2.75) is 16.6 Å². The fraction of sp³-hybridized carbons (Fsp3) is 0.167. The third-order valence-corrected chi connectivity index (χ3v) is 5.08. The summed E-state index contributed by atoms with van der Waals surface area (Å²) in [4.78, 5) is -1.58. The summed E-state index contributed by atoms with van der Waals surface area (Å²) in [7, 11) is -3.42. The van der Waals surface area contributed by atoms with Crippen molar-refractivity contribution in [1.29, 1.82) is 0 Å². The second-order valence-corrected chi connectivity index (χ2v) is 7.55. The Morgan fingerprint density at radius 1 is 1.15 bits per heavy atom. The van der Waals surface area contributed by atoms with Gasteiger partial charge in [-0.1, -0.05) is 35.4 Å². The van der Waals surface area contributed by atoms with Gasteiger partial charge in [0.1, 0.15) is 22.2 Å². The van der Waals surface area contributed by atoms with Gasteiger partial charge in [0.15, 0.2) is 4.90 Å². The molecule has 0 aliphatic rings. The van der Waals surface area contributed by atoms with Crippen LogP contribution in [0, 0.1) is 0 Å². The summed E-state index contributed by atoms with van der Waals surface area (Å²) in [6, 6.07) is 0.985. The van der Waals surface area contributed by atoms with E-state index in [0.717, 1.165) is 0 Å². The summed E-state index contributed by atoms with van der Waals surface area (Å²) in [5, 5.41) is 2.45. The van der Waals surface area contributed by atoms with Crippen LogP contribution in [0.4, 0.5) is 32.2 Å². The number of nitrogens with zero attached hydrogens (tertiary/aromatic N) is 2. The van der Waals surface area contributed by atoms with Crippen molar-refractivity contribution in [1.82, 2.24) is 9.78 Å². The van der Waals surface area contributed by atoms with E-state index in [0.29, 0.717) is 16.8 Å². The molecule has 2 aromatic rings. The molecule has 5 N–H and O–H groups in total. The van der Waals surface area contributed by atoms with E-state index in [-0.39, 0.29) is 0 Å². The van der Waals surface area contributed by atoms with Crippen LogP contribution in [0.1, 0.15) is 11.3 Å². The Bertz CT molecular complexity index is 934. The minimum absolute atomic E-state index is 0.438. The number of nitrogen functional groups attached to an aromatic ring is 1. The van der Waals surface area contributed by atoms with Crippen LogP contribution in [0.25, 0.3) is 5.69 Å². The van der Waals surface area contributed by atoms with E-state index in [1.54, 1.807) is 0 Å². The van der Waals surface area contributed by atoms with E-state index in [1.807, 2.05) is 0 Å². The van der Waals surface area contributed by atoms with Crippen molar-refractivity contribution >= 4 is 57.0 Å². The van der Waals surface area contributed by atoms with E-state index in [4.69, 9.17) is 34.7 Å². The lowest BCUT2D eigenvalue weighted by Crippen LogP contribution is -2.21. The summed E-state index contributed by atoms with van der Waals surface area (Å²) in [6.07, 6.45) is -4.77. The Morgan fingerprint density at radius 2 is 1.63 bits per heavy atom. The zero-order valence-corrected chi connectivity index (χ0v) is 15.6. The summed E-state index contributed by atoms with van der Waals surface area (Å²) < 4.78 is 87.3. The lowest BCUT2D eigenvalue weighted by molar-refractivity contribution is -0.137. The van der Waals surface area contributed by atoms with Crippen LogP contribution in [0.15, 0.2) is 17.0 Å². The van der Waals surface area contributed by atoms with Gasteiger partial charge in [0.2, 0.25) is 0 Å². The quantitative estimate of drug-likeness (QED) is 0.398. The third-order valence-electron chi connectivity index (χ3n) is 3.08. The van der Waals surface area contributed by atoms with E-state index in [1.165, 1.54) is 0 Å². The van der Waals surface area contributed by atoms with Gasteiger partial charge in [-0.2, -0.15) is 31.4 Å². The van der Waals surface area contributed by atoms with Crippen LogP contribution in [0.5, 0.6) is 0 Å². The molecule has 1 aromatic carbocycles. The highest BCUT2D eigenvalue weighted by molar-refractivity contribution is 7.86. The molecular weight excluding hydrogens is 465 g/mol. The van der Waals surface area contributed by atoms with Crippen molar-refractivity contribution in [3.8, 4) is 5.69 Å². The molecule has 0 spiro atoms. The maximum Gasteiger partial charge on any atom is 0.524 e. The minimum Gasteiger partial charge on any atom is -0.388 e. The van der Waals surface area contributed by atoms with Gasteiger partial charge in [0.25, 0.3) is 0 Å². The summed E-state index contributed by atoms with van der Waals surface area (Å²) >= 11 is 16.2. The van der Waals surface area contributed by atoms with Crippen LogP contribution in [0.2, 0.25) is 10.0 Å². The van der Waals surface area contributed by atoms with Gasteiger partial charge in [-0.05, 0) is 12.1 Å². The molecule has 1 atom stereocenters. The molecule has 0 amide bonds. The molecular formula is C12H7Cl2F6N4OS2+. The molecule has 2 rings (SSSR count). The highest BCUT2D eigenvalue weighted by Crippen LogP contribution is 2.40. The standard InChI is InChI=1S/C12H6Cl2F6N4OS2/c13-4-1-3(11(15,16)17)2-5(14)7(4)24-9(21)8(6(23-24)10(22)26)27(25)12(18,19)20/h1-2H,21H2,(H2,22,26)/p+1. The second-order valence-electron chi connectivity index (χ2n) is 4.86. The molecule has 0 aliphatic heterocycles. The number of aromatic nitrogens is 2. The highest BCUT2D eigenvalue weighted by atomic mass is 35.5. The van der Waals surface area contributed by atoms with Crippen molar-refractivity contribution in [3.63, 3.8) is 0 Å². The van der Waals surface area contributed by atoms with Gasteiger partial charge in [-0.25, -0.2) is 8.89 Å². The van der Waals surface area contributed by atoms with Gasteiger partial charge in [-0.3, -0.25) is 0 Å². The zero-order chi connectivity index (χ0) is 20.9. The molecule has 15 heteroatoms. The van der Waals surface area contributed by atoms with Crippen LogP contribution in [-0.2, 0) is 17.0 Å². The van der Waals surface area contributed by atoms with Crippen LogP contribution >= 0.6 is 35.4 Å². The fourth-order valence-electron chi connectivity index (χ4n) is 1.99. The molecule has 5 nitrogen and oxygen atoms in total. The largest absolute Gasteiger partial charge is 0.524 e. The van der Waals surface area contributed by atoms with Crippen LogP contribution in [-0.4, -0.2) is 24.5 Å². The first kappa shape index (κ1) is 21.7. The monoisotopic (exact) mass is 471 g/mol. The second kappa shape index (κ2) is 7.11. The SMILES string of the molecule is NC(=S)c1nn(-c2c(Cl)cc(C(F)(F)F)cc2Cl)c(N)c1S(=[OH+])C(F)(F)F. The predicted octanol–water partition coefficient (Wildman–Crippen LogP) is 4.20. The van der Waals surface area contributed by atoms with Crippen LogP contribution in [0.3, 0.4) is 0 Å². The molecule has 1 unspecified atom stereocenters. The van der Waals surface area contributed by atoms with E-state index >= 15 is 0 Å². The van der Waals surface area contributed by atoms with Crippen molar-refractivity contribution in [2.75, 3.05) is 5.73 Å². The Labute approximate surface area is 164 Å². The Kier molecular flexibility index (Phi) is 5.72. The smallest absolute Gasteiger partial charge is 0.388 e. The highest BCUT2D eigenvalue weighted by Gasteiger charge is 2.49. The van der Waals surface area contributed by atoms with Gasteiger partial charge in [0.05, 0.1) is 15.6 Å². The maximum atomic E-state index is 12.9. The zero-order valence-electron chi connectivity index (χ0n) is 12.5. The van der Waals surface area contributed by atoms with Crippen molar-refractivity contribution in [2.24, 2.45) is 5.73 Å². The Hall–Kier alpha value is -1.57. The first-order valence-electron chi connectivity index (χ1n) is 6.41. The maximum absolute atomic E-state index is 12.9. The number of nitrogens with two attached hydrogens (primary N) is 2. The normalized spacial score (nSPS) is 13.6. The summed E-state index contributed by atoms with van der Waals surface area (Å²) in [5.41, 5.74) is 3.53. The van der Waals surface area contributed by atoms with Crippen molar-refractivity contribution in [3.05, 3.63) is 33.4 Å². The number of anilines is 1. The molecule has 0 radical (unpaired) electrons. The fourth-order valence-corrected chi connectivity index (χ4v) is 3.69. The minimum atomic E-state index is -5.12. The molecule has 0 aliphatic carbocycles. The first-order valence-corrected chi connectivity index (χ1v) is 8.76. The average Bonchev–Trinajstić information content (AvgIpc) is 2.81. The van der Waals surface area contributed by atoms with Gasteiger partial charge >= 0.3 is 22.5 Å². The lowest BCUT2D eigenvalue weighted by Gasteiger charge is -2.13. The molecule has 1 heterocycles. The number of alkyl halides is 6. The van der Waals surface area contributed by atoms with Crippen LogP contribution < -0.4 is 11.5 Å². The molecule has 0 bridgehead atoms. The molecule has 0 saturated heterocycles. The number of hydrogen-bond donors (Lipinski definition) is 2. The number of thiocarbonyl (C=S) groups is 1. The first-order chi connectivity index (χ1) is 12.2. The topological polar surface area (TPSA) is 91.3 Å². The molecule has 0 fully saturated rings. The average molecular weight is 472 g/mol. The number of hydrogen-bond acceptors (Lipinski definition) is 3. The summed E-state index contributed by atoms with van der Waals surface area (Å²) in [6.45, 7) is 0. The Balaban J connectivity index is 2.79. The molecule has 1 aromatic heterocycles. The summed E-state index contributed by atoms with van der Waals surface area (Å²) in [5.74, 6) is -0.787. The number of halogens is 8. The molecule has 148 valence electrons. The van der Waals surface area contributed by atoms with Gasteiger partial charge < -0.3 is 11.5 Å².